The van der Waals surface area contributed by atoms with Gasteiger partial charge in [0.1, 0.15) is 0 Å². The fraction of sp³-hybridized carbons (Fsp3) is 0.647. The van der Waals surface area contributed by atoms with Gasteiger partial charge in [0.05, 0.1) is 0 Å². The van der Waals surface area contributed by atoms with Crippen LogP contribution in [0.3, 0.4) is 0 Å². The Labute approximate surface area is 123 Å². The summed E-state index contributed by atoms with van der Waals surface area (Å²) in [6.07, 6.45) is 0. The monoisotopic (exact) mass is 279 g/mol. The van der Waals surface area contributed by atoms with E-state index in [0.717, 1.165) is 11.5 Å². The Kier molecular flexibility index (Phi) is 5.14. The summed E-state index contributed by atoms with van der Waals surface area (Å²) >= 11 is 1.93. The van der Waals surface area contributed by atoms with Crippen LogP contribution in [-0.2, 0) is 11.2 Å². The third kappa shape index (κ3) is 5.19. The molecule has 1 aromatic rings. The predicted octanol–water partition coefficient (Wildman–Crippen LogP) is 4.57. The molecule has 0 aliphatic carbocycles. The summed E-state index contributed by atoms with van der Waals surface area (Å²) in [6.45, 7) is 15.4. The molecule has 0 fully saturated rings. The van der Waals surface area contributed by atoms with E-state index in [1.165, 1.54) is 22.3 Å². The quantitative estimate of drug-likeness (QED) is 0.873. The minimum atomic E-state index is -0.0855. The van der Waals surface area contributed by atoms with Crippen LogP contribution < -0.4 is 5.73 Å². The molecule has 0 spiro atoms. The van der Waals surface area contributed by atoms with Crippen LogP contribution in [0.5, 0.6) is 0 Å². The predicted molar refractivity (Wildman–Crippen MR) is 89.0 cm³/mol. The van der Waals surface area contributed by atoms with Crippen molar-refractivity contribution in [2.45, 2.75) is 65.2 Å². The first-order valence-electron chi connectivity index (χ1n) is 6.98. The lowest BCUT2D eigenvalue weighted by molar-refractivity contribution is 0.589. The van der Waals surface area contributed by atoms with Crippen LogP contribution in [0.1, 0.15) is 56.9 Å². The highest BCUT2D eigenvalue weighted by atomic mass is 32.2. The van der Waals surface area contributed by atoms with Gasteiger partial charge in [-0.1, -0.05) is 32.9 Å². The van der Waals surface area contributed by atoms with E-state index in [-0.39, 0.29) is 11.0 Å². The summed E-state index contributed by atoms with van der Waals surface area (Å²) in [5, 5.41) is 0. The molecule has 108 valence electrons. The van der Waals surface area contributed by atoms with E-state index in [1.54, 1.807) is 0 Å². The molecule has 0 unspecified atom stereocenters. The highest BCUT2D eigenvalue weighted by Crippen LogP contribution is 2.29. The van der Waals surface area contributed by atoms with Crippen LogP contribution in [0.15, 0.2) is 12.1 Å². The molecule has 2 heteroatoms. The van der Waals surface area contributed by atoms with Crippen LogP contribution in [0.25, 0.3) is 0 Å². The molecule has 1 aromatic carbocycles. The van der Waals surface area contributed by atoms with Gasteiger partial charge in [0, 0.05) is 17.0 Å². The summed E-state index contributed by atoms with van der Waals surface area (Å²) in [7, 11) is 0. The van der Waals surface area contributed by atoms with Crippen LogP contribution in [0.2, 0.25) is 0 Å². The van der Waals surface area contributed by atoms with E-state index in [2.05, 4.69) is 60.6 Å². The van der Waals surface area contributed by atoms with Crippen molar-refractivity contribution in [2.24, 2.45) is 5.73 Å². The van der Waals surface area contributed by atoms with Gasteiger partial charge in [-0.25, -0.2) is 0 Å². The van der Waals surface area contributed by atoms with Crippen LogP contribution in [0.4, 0.5) is 0 Å². The van der Waals surface area contributed by atoms with Crippen molar-refractivity contribution in [3.8, 4) is 0 Å². The fourth-order valence-electron chi connectivity index (χ4n) is 2.07. The Morgan fingerprint density at radius 2 is 1.47 bits per heavy atom. The van der Waals surface area contributed by atoms with E-state index in [1.807, 2.05) is 11.8 Å². The molecule has 2 N–H and O–H groups in total. The number of hydrogen-bond acceptors (Lipinski definition) is 2. The van der Waals surface area contributed by atoms with Gasteiger partial charge in [-0.05, 0) is 55.4 Å². The maximum atomic E-state index is 6.04. The zero-order valence-electron chi connectivity index (χ0n) is 13.6. The molecule has 0 radical (unpaired) electrons. The molecular weight excluding hydrogens is 250 g/mol. The van der Waals surface area contributed by atoms with E-state index in [0.29, 0.717) is 0 Å². The first-order chi connectivity index (χ1) is 8.50. The van der Waals surface area contributed by atoms with Gasteiger partial charge in [0.2, 0.25) is 0 Å². The van der Waals surface area contributed by atoms with Crippen molar-refractivity contribution >= 4 is 11.8 Å². The highest BCUT2D eigenvalue weighted by Gasteiger charge is 2.17. The molecule has 19 heavy (non-hydrogen) atoms. The molecule has 0 aromatic heterocycles. The Bertz CT molecular complexity index is 413. The zero-order chi connectivity index (χ0) is 14.8. The van der Waals surface area contributed by atoms with Gasteiger partial charge in [-0.2, -0.15) is 11.8 Å². The van der Waals surface area contributed by atoms with Gasteiger partial charge >= 0.3 is 0 Å². The Hall–Kier alpha value is -0.470. The Morgan fingerprint density at radius 1 is 1.00 bits per heavy atom. The van der Waals surface area contributed by atoms with Crippen molar-refractivity contribution in [3.63, 3.8) is 0 Å². The lowest BCUT2D eigenvalue weighted by atomic mass is 9.84. The lowest BCUT2D eigenvalue weighted by Gasteiger charge is -2.23. The van der Waals surface area contributed by atoms with Gasteiger partial charge < -0.3 is 5.73 Å². The average Bonchev–Trinajstić information content (AvgIpc) is 2.18. The molecule has 0 aliphatic rings. The van der Waals surface area contributed by atoms with Crippen molar-refractivity contribution in [2.75, 3.05) is 5.75 Å². The molecule has 1 rings (SSSR count). The molecule has 0 aliphatic heterocycles. The Balaban J connectivity index is 2.87. The molecule has 1 nitrogen and oxygen atoms in total. The number of aryl methyl sites for hydroxylation is 2. The van der Waals surface area contributed by atoms with E-state index in [4.69, 9.17) is 5.73 Å². The number of nitrogens with two attached hydrogens (primary N) is 1. The third-order valence-corrected chi connectivity index (χ3v) is 4.72. The maximum Gasteiger partial charge on any atom is 0.0190 e. The summed E-state index contributed by atoms with van der Waals surface area (Å²) in [5.41, 5.74) is 11.9. The third-order valence-electron chi connectivity index (χ3n) is 3.28. The minimum absolute atomic E-state index is 0.0855. The van der Waals surface area contributed by atoms with Crippen LogP contribution >= 0.6 is 11.8 Å². The highest BCUT2D eigenvalue weighted by molar-refractivity contribution is 7.98. The molecule has 0 heterocycles. The van der Waals surface area contributed by atoms with Crippen molar-refractivity contribution in [3.05, 3.63) is 34.4 Å². The number of rotatable bonds is 4. The number of thioether (sulfide) groups is 1. The normalized spacial score (nSPS) is 12.8. The van der Waals surface area contributed by atoms with Crippen LogP contribution in [0, 0.1) is 13.8 Å². The smallest absolute Gasteiger partial charge is 0.0190 e. The van der Waals surface area contributed by atoms with Gasteiger partial charge in [-0.3, -0.25) is 0 Å². The van der Waals surface area contributed by atoms with E-state index < -0.39 is 0 Å². The summed E-state index contributed by atoms with van der Waals surface area (Å²) in [4.78, 5) is 0. The van der Waals surface area contributed by atoms with Crippen molar-refractivity contribution < 1.29 is 0 Å². The molecule has 0 saturated heterocycles. The SMILES string of the molecule is Cc1cc(C(C)(C)C)cc(C)c1CSCC(C)(C)N. The topological polar surface area (TPSA) is 26.0 Å². The summed E-state index contributed by atoms with van der Waals surface area (Å²) < 4.78 is 0. The second-order valence-corrected chi connectivity index (χ2v) is 8.31. The van der Waals surface area contributed by atoms with E-state index in [9.17, 15) is 0 Å². The lowest BCUT2D eigenvalue weighted by Crippen LogP contribution is -2.34. The maximum absolute atomic E-state index is 6.04. The molecule has 0 atom stereocenters. The number of hydrogen-bond donors (Lipinski definition) is 1. The summed E-state index contributed by atoms with van der Waals surface area (Å²) in [6, 6.07) is 4.69. The standard InChI is InChI=1S/C17H29NS/c1-12-8-14(16(3,4)5)9-13(2)15(12)10-19-11-17(6,7)18/h8-9H,10-11,18H2,1-7H3. The molecular formula is C17H29NS. The number of benzene rings is 1. The van der Waals surface area contributed by atoms with E-state index >= 15 is 0 Å². The first-order valence-corrected chi connectivity index (χ1v) is 8.13. The second-order valence-electron chi connectivity index (χ2n) is 7.32. The van der Waals surface area contributed by atoms with Gasteiger partial charge in [0.15, 0.2) is 0 Å². The zero-order valence-corrected chi connectivity index (χ0v) is 14.4. The van der Waals surface area contributed by atoms with Crippen LogP contribution in [-0.4, -0.2) is 11.3 Å². The minimum Gasteiger partial charge on any atom is -0.325 e. The van der Waals surface area contributed by atoms with Crippen molar-refractivity contribution in [1.82, 2.24) is 0 Å². The average molecular weight is 279 g/mol. The van der Waals surface area contributed by atoms with Gasteiger partial charge in [-0.15, -0.1) is 0 Å². The second kappa shape index (κ2) is 5.88. The largest absolute Gasteiger partial charge is 0.325 e. The molecule has 0 saturated carbocycles. The fourth-order valence-corrected chi connectivity index (χ4v) is 3.36. The summed E-state index contributed by atoms with van der Waals surface area (Å²) in [5.74, 6) is 2.05. The molecule has 0 amide bonds. The van der Waals surface area contributed by atoms with Gasteiger partial charge in [0.25, 0.3) is 0 Å². The first kappa shape index (κ1) is 16.6. The molecule has 0 bridgehead atoms. The Morgan fingerprint density at radius 3 is 1.84 bits per heavy atom. The van der Waals surface area contributed by atoms with Crippen molar-refractivity contribution in [1.29, 1.82) is 0 Å².